The predicted octanol–water partition coefficient (Wildman–Crippen LogP) is 22.4. The summed E-state index contributed by atoms with van der Waals surface area (Å²) < 4.78 is 23.0. The van der Waals surface area contributed by atoms with Gasteiger partial charge in [0.05, 0.1) is 32.0 Å². The zero-order chi connectivity index (χ0) is 75.1. The molecule has 1 amide bonds. The molecular formula is C90H175NO13. The number of carbonyl (C=O) groups is 1. The molecule has 2 aliphatic heterocycles. The first-order valence-corrected chi connectivity index (χ1v) is 45.9. The highest BCUT2D eigenvalue weighted by molar-refractivity contribution is 5.76. The van der Waals surface area contributed by atoms with Crippen LogP contribution in [0.1, 0.15) is 463 Å². The number of carbonyl (C=O) groups excluding carboxylic acids is 1. The largest absolute Gasteiger partial charge is 0.394 e. The molecule has 0 aromatic carbocycles. The Morgan fingerprint density at radius 1 is 0.337 bits per heavy atom. The van der Waals surface area contributed by atoms with Crippen LogP contribution in [0, 0.1) is 0 Å². The summed E-state index contributed by atoms with van der Waals surface area (Å²) in [7, 11) is 0. The summed E-state index contributed by atoms with van der Waals surface area (Å²) in [5, 5.41) is 87.9. The van der Waals surface area contributed by atoms with E-state index in [4.69, 9.17) is 18.9 Å². The highest BCUT2D eigenvalue weighted by atomic mass is 16.7. The number of hydrogen-bond donors (Lipinski definition) is 9. The highest BCUT2D eigenvalue weighted by Gasteiger charge is 2.51. The highest BCUT2D eigenvalue weighted by Crippen LogP contribution is 2.31. The van der Waals surface area contributed by atoms with E-state index < -0.39 is 86.8 Å². The molecule has 0 radical (unpaired) electrons. The number of aliphatic hydroxyl groups excluding tert-OH is 8. The van der Waals surface area contributed by atoms with Crippen molar-refractivity contribution in [1.29, 1.82) is 0 Å². The Labute approximate surface area is 641 Å². The Hall–Kier alpha value is -1.27. The van der Waals surface area contributed by atoms with E-state index in [0.29, 0.717) is 0 Å². The minimum absolute atomic E-state index is 0.227. The van der Waals surface area contributed by atoms with Gasteiger partial charge in [-0.1, -0.05) is 450 Å². The molecule has 2 rings (SSSR count). The molecule has 2 fully saturated rings. The molecule has 0 aromatic heterocycles. The summed E-state index contributed by atoms with van der Waals surface area (Å²) in [5.74, 6) is -0.227. The Balaban J connectivity index is 1.54. The van der Waals surface area contributed by atoms with Gasteiger partial charge in [0.25, 0.3) is 0 Å². The van der Waals surface area contributed by atoms with E-state index in [0.717, 1.165) is 44.9 Å². The third-order valence-corrected chi connectivity index (χ3v) is 23.0. The number of rotatable bonds is 80. The summed E-state index contributed by atoms with van der Waals surface area (Å²) in [5.41, 5.74) is 0. The fraction of sp³-hybridized carbons (Fsp3) is 0.967. The molecule has 9 N–H and O–H groups in total. The molecule has 618 valence electrons. The predicted molar refractivity (Wildman–Crippen MR) is 434 cm³/mol. The van der Waals surface area contributed by atoms with Gasteiger partial charge in [0.2, 0.25) is 5.91 Å². The van der Waals surface area contributed by atoms with Crippen molar-refractivity contribution in [1.82, 2.24) is 5.32 Å². The summed E-state index contributed by atoms with van der Waals surface area (Å²) in [6.07, 6.45) is 80.6. The van der Waals surface area contributed by atoms with E-state index in [1.165, 1.54) is 398 Å². The van der Waals surface area contributed by atoms with Gasteiger partial charge in [-0.05, 0) is 19.3 Å². The SMILES string of the molecule is CCCCCCCCCCCCCCCCCCCCCCCCCCCCC/C=C/C(O)C(COC1OC(CO)C(OC2OC(CO)C(O)C(O)C2O)C(O)C1O)NC(=O)CCCCCCCCCCCCCCCCCCCCCCCCCCCCCCCCCCCCCCCCCCC. The van der Waals surface area contributed by atoms with Gasteiger partial charge in [0.15, 0.2) is 12.6 Å². The van der Waals surface area contributed by atoms with Crippen molar-refractivity contribution in [3.05, 3.63) is 12.2 Å². The second-order valence-corrected chi connectivity index (χ2v) is 32.8. The number of ether oxygens (including phenoxy) is 4. The number of hydrogen-bond acceptors (Lipinski definition) is 13. The second-order valence-electron chi connectivity index (χ2n) is 32.8. The molecule has 104 heavy (non-hydrogen) atoms. The van der Waals surface area contributed by atoms with Crippen LogP contribution in [0.3, 0.4) is 0 Å². The first-order valence-electron chi connectivity index (χ1n) is 45.9. The maximum Gasteiger partial charge on any atom is 0.220 e. The molecule has 0 saturated carbocycles. The topological polar surface area (TPSA) is 228 Å². The van der Waals surface area contributed by atoms with Crippen LogP contribution in [0.2, 0.25) is 0 Å². The van der Waals surface area contributed by atoms with E-state index in [9.17, 15) is 45.6 Å². The van der Waals surface area contributed by atoms with Crippen LogP contribution >= 0.6 is 0 Å². The molecule has 14 heteroatoms. The molecule has 14 nitrogen and oxygen atoms in total. The number of amides is 1. The third kappa shape index (κ3) is 56.0. The molecule has 0 aliphatic carbocycles. The van der Waals surface area contributed by atoms with Gasteiger partial charge in [-0.15, -0.1) is 0 Å². The number of allylic oxidation sites excluding steroid dienone is 1. The standard InChI is InChI=1S/C90H175NO13/c1-3-5-7-9-11-13-15-17-19-21-23-25-27-29-31-33-34-35-36-37-38-39-40-41-42-43-44-46-48-50-52-54-56-58-60-62-64-66-68-70-72-74-82(95)91-78(77-101-89-87(100)85(98)88(81(76-93)103-89)104-90-86(99)84(97)83(96)80(75-92)102-90)79(94)73-71-69-67-65-63-61-59-57-55-53-51-49-47-45-32-30-28-26-24-22-20-18-16-14-12-10-8-6-4-2/h71,73,78-81,83-90,92-94,96-100H,3-70,72,74-77H2,1-2H3,(H,91,95)/b73-71+. The molecule has 2 saturated heterocycles. The summed E-state index contributed by atoms with van der Waals surface area (Å²) in [6, 6.07) is -0.913. The first-order chi connectivity index (χ1) is 51.1. The normalized spacial score (nSPS) is 21.4. The van der Waals surface area contributed by atoms with Crippen LogP contribution in [0.5, 0.6) is 0 Å². The average molecular weight is 1480 g/mol. The molecule has 2 heterocycles. The van der Waals surface area contributed by atoms with Gasteiger partial charge < -0.3 is 65.1 Å². The molecule has 0 aromatic rings. The van der Waals surface area contributed by atoms with Crippen LogP contribution in [-0.4, -0.2) is 140 Å². The van der Waals surface area contributed by atoms with Crippen LogP contribution in [0.4, 0.5) is 0 Å². The summed E-state index contributed by atoms with van der Waals surface area (Å²) >= 11 is 0. The van der Waals surface area contributed by atoms with Gasteiger partial charge in [-0.3, -0.25) is 4.79 Å². The smallest absolute Gasteiger partial charge is 0.220 e. The van der Waals surface area contributed by atoms with Crippen molar-refractivity contribution in [3.63, 3.8) is 0 Å². The van der Waals surface area contributed by atoms with E-state index in [2.05, 4.69) is 19.2 Å². The van der Waals surface area contributed by atoms with Crippen molar-refractivity contribution >= 4 is 5.91 Å². The van der Waals surface area contributed by atoms with Crippen molar-refractivity contribution < 1.29 is 64.6 Å². The molecular weight excluding hydrogens is 1300 g/mol. The fourth-order valence-electron chi connectivity index (χ4n) is 15.8. The zero-order valence-electron chi connectivity index (χ0n) is 68.3. The van der Waals surface area contributed by atoms with E-state index in [1.54, 1.807) is 6.08 Å². The molecule has 12 unspecified atom stereocenters. The van der Waals surface area contributed by atoms with Gasteiger partial charge >= 0.3 is 0 Å². The minimum Gasteiger partial charge on any atom is -0.394 e. The second kappa shape index (κ2) is 74.5. The van der Waals surface area contributed by atoms with Gasteiger partial charge in [-0.2, -0.15) is 0 Å². The average Bonchev–Trinajstić information content (AvgIpc) is 0.788. The molecule has 12 atom stereocenters. The van der Waals surface area contributed by atoms with Gasteiger partial charge in [0.1, 0.15) is 48.8 Å². The van der Waals surface area contributed by atoms with Crippen LogP contribution < -0.4 is 5.32 Å². The monoisotopic (exact) mass is 1480 g/mol. The van der Waals surface area contributed by atoms with Crippen LogP contribution in [-0.2, 0) is 23.7 Å². The van der Waals surface area contributed by atoms with Crippen molar-refractivity contribution in [3.8, 4) is 0 Å². The summed E-state index contributed by atoms with van der Waals surface area (Å²) in [4.78, 5) is 13.4. The molecule has 0 spiro atoms. The molecule has 2 aliphatic rings. The molecule has 0 bridgehead atoms. The van der Waals surface area contributed by atoms with E-state index in [1.807, 2.05) is 6.08 Å². The Bertz CT molecular complexity index is 1790. The Kier molecular flexibility index (Phi) is 70.8. The van der Waals surface area contributed by atoms with E-state index >= 15 is 0 Å². The number of nitrogens with one attached hydrogen (secondary N) is 1. The van der Waals surface area contributed by atoms with Gasteiger partial charge in [-0.25, -0.2) is 0 Å². The van der Waals surface area contributed by atoms with Gasteiger partial charge in [0, 0.05) is 6.42 Å². The first kappa shape index (κ1) is 98.8. The lowest BCUT2D eigenvalue weighted by molar-refractivity contribution is -0.359. The maximum absolute atomic E-state index is 13.4. The fourth-order valence-corrected chi connectivity index (χ4v) is 15.8. The van der Waals surface area contributed by atoms with E-state index in [-0.39, 0.29) is 18.9 Å². The quantitative estimate of drug-likeness (QED) is 0.0204. The lowest BCUT2D eigenvalue weighted by Gasteiger charge is -2.46. The number of unbranched alkanes of at least 4 members (excludes halogenated alkanes) is 67. The number of aliphatic hydroxyl groups is 8. The van der Waals surface area contributed by atoms with Crippen LogP contribution in [0.25, 0.3) is 0 Å². The lowest BCUT2D eigenvalue weighted by Crippen LogP contribution is -2.65. The summed E-state index contributed by atoms with van der Waals surface area (Å²) in [6.45, 7) is 2.89. The van der Waals surface area contributed by atoms with Crippen molar-refractivity contribution in [2.45, 2.75) is 537 Å². The van der Waals surface area contributed by atoms with Crippen molar-refractivity contribution in [2.75, 3.05) is 19.8 Å². The zero-order valence-corrected chi connectivity index (χ0v) is 68.3. The minimum atomic E-state index is -1.79. The third-order valence-electron chi connectivity index (χ3n) is 23.0. The van der Waals surface area contributed by atoms with Crippen molar-refractivity contribution in [2.24, 2.45) is 0 Å². The van der Waals surface area contributed by atoms with Crippen LogP contribution in [0.15, 0.2) is 12.2 Å². The lowest BCUT2D eigenvalue weighted by atomic mass is 9.97. The Morgan fingerprint density at radius 2 is 0.596 bits per heavy atom. The Morgan fingerprint density at radius 3 is 0.885 bits per heavy atom. The maximum atomic E-state index is 13.4.